The Morgan fingerprint density at radius 2 is 2.25 bits per heavy atom. The van der Waals surface area contributed by atoms with Gasteiger partial charge in [-0.2, -0.15) is 0 Å². The fourth-order valence-electron chi connectivity index (χ4n) is 3.16. The molecule has 2 heterocycles. The van der Waals surface area contributed by atoms with Crippen LogP contribution < -0.4 is 5.32 Å². The maximum Gasteiger partial charge on any atom is 0.220 e. The molecular weight excluding hydrogens is 304 g/mol. The molecular formula is C18H24N4O2. The predicted molar refractivity (Wildman–Crippen MR) is 90.1 cm³/mol. The van der Waals surface area contributed by atoms with Crippen LogP contribution >= 0.6 is 0 Å². The molecule has 2 aromatic rings. The first-order valence-corrected chi connectivity index (χ1v) is 8.54. The molecule has 0 saturated heterocycles. The van der Waals surface area contributed by atoms with Crippen LogP contribution in [-0.2, 0) is 17.8 Å². The number of carbonyl (C=O) groups is 1. The molecule has 128 valence electrons. The Morgan fingerprint density at radius 1 is 1.38 bits per heavy atom. The number of nitrogens with zero attached hydrogens (tertiary/aromatic N) is 3. The molecule has 0 radical (unpaired) electrons. The van der Waals surface area contributed by atoms with Gasteiger partial charge in [0.1, 0.15) is 0 Å². The monoisotopic (exact) mass is 328 g/mol. The maximum absolute atomic E-state index is 12.3. The summed E-state index contributed by atoms with van der Waals surface area (Å²) in [5.41, 5.74) is 0.975. The van der Waals surface area contributed by atoms with E-state index in [4.69, 9.17) is 0 Å². The summed E-state index contributed by atoms with van der Waals surface area (Å²) in [6, 6.07) is 5.87. The van der Waals surface area contributed by atoms with Gasteiger partial charge in [0.05, 0.1) is 12.4 Å². The van der Waals surface area contributed by atoms with E-state index in [9.17, 15) is 9.90 Å². The molecule has 1 aliphatic rings. The molecule has 1 atom stereocenters. The number of amides is 1. The fraction of sp³-hybridized carbons (Fsp3) is 0.500. The standard InChI is InChI=1S/C18H24N4O2/c23-16-10-14(11-16)17(12-15-4-1-2-6-20-15)21-18(24)5-3-8-22-9-7-19-13-22/h1-2,4,6-7,9,13-14,16-17,23H,3,5,8,10-12H2,(H,21,24)/t14?,16?,17-/m0/s1. The number of rotatable bonds is 8. The van der Waals surface area contributed by atoms with Crippen molar-refractivity contribution in [2.24, 2.45) is 5.92 Å². The van der Waals surface area contributed by atoms with Gasteiger partial charge < -0.3 is 15.0 Å². The predicted octanol–water partition coefficient (Wildman–Crippen LogP) is 1.56. The van der Waals surface area contributed by atoms with Crippen LogP contribution in [0.15, 0.2) is 43.1 Å². The largest absolute Gasteiger partial charge is 0.393 e. The lowest BCUT2D eigenvalue weighted by atomic mass is 9.76. The molecule has 24 heavy (non-hydrogen) atoms. The average Bonchev–Trinajstić information content (AvgIpc) is 3.06. The normalized spacial score (nSPS) is 21.0. The zero-order valence-electron chi connectivity index (χ0n) is 13.7. The maximum atomic E-state index is 12.3. The Hall–Kier alpha value is -2.21. The lowest BCUT2D eigenvalue weighted by Gasteiger charge is -2.38. The summed E-state index contributed by atoms with van der Waals surface area (Å²) in [7, 11) is 0. The second-order valence-corrected chi connectivity index (χ2v) is 6.49. The van der Waals surface area contributed by atoms with E-state index in [1.807, 2.05) is 29.0 Å². The van der Waals surface area contributed by atoms with Crippen molar-refractivity contribution in [2.75, 3.05) is 0 Å². The van der Waals surface area contributed by atoms with Crippen LogP contribution in [0.3, 0.4) is 0 Å². The molecule has 6 nitrogen and oxygen atoms in total. The SMILES string of the molecule is O=C(CCCn1ccnc1)N[C@@H](Cc1ccccn1)C1CC(O)C1. The lowest BCUT2D eigenvalue weighted by molar-refractivity contribution is -0.123. The number of hydrogen-bond donors (Lipinski definition) is 2. The highest BCUT2D eigenvalue weighted by molar-refractivity contribution is 5.76. The van der Waals surface area contributed by atoms with E-state index in [1.54, 1.807) is 18.7 Å². The molecule has 0 unspecified atom stereocenters. The van der Waals surface area contributed by atoms with Gasteiger partial charge >= 0.3 is 0 Å². The van der Waals surface area contributed by atoms with E-state index < -0.39 is 0 Å². The van der Waals surface area contributed by atoms with Crippen LogP contribution in [0.1, 0.15) is 31.4 Å². The number of aliphatic hydroxyl groups is 1. The molecule has 0 aromatic carbocycles. The molecule has 0 spiro atoms. The van der Waals surface area contributed by atoms with Crippen molar-refractivity contribution in [3.63, 3.8) is 0 Å². The van der Waals surface area contributed by atoms with Gasteiger partial charge in [0, 0.05) is 49.7 Å². The highest BCUT2D eigenvalue weighted by Crippen LogP contribution is 2.31. The van der Waals surface area contributed by atoms with Crippen molar-refractivity contribution in [3.8, 4) is 0 Å². The van der Waals surface area contributed by atoms with Crippen LogP contribution in [0.4, 0.5) is 0 Å². The molecule has 0 aliphatic heterocycles. The van der Waals surface area contributed by atoms with Gasteiger partial charge in [-0.15, -0.1) is 0 Å². The summed E-state index contributed by atoms with van der Waals surface area (Å²) in [4.78, 5) is 20.6. The molecule has 3 rings (SSSR count). The quantitative estimate of drug-likeness (QED) is 0.770. The number of aromatic nitrogens is 3. The summed E-state index contributed by atoms with van der Waals surface area (Å²) in [6.45, 7) is 0.792. The first-order valence-electron chi connectivity index (χ1n) is 8.54. The smallest absolute Gasteiger partial charge is 0.220 e. The van der Waals surface area contributed by atoms with Crippen molar-refractivity contribution < 1.29 is 9.90 Å². The van der Waals surface area contributed by atoms with E-state index in [1.165, 1.54) is 0 Å². The van der Waals surface area contributed by atoms with Crippen LogP contribution in [0.5, 0.6) is 0 Å². The van der Waals surface area contributed by atoms with Gasteiger partial charge in [0.25, 0.3) is 0 Å². The zero-order valence-corrected chi connectivity index (χ0v) is 13.7. The van der Waals surface area contributed by atoms with Crippen LogP contribution in [0, 0.1) is 5.92 Å². The van der Waals surface area contributed by atoms with Gasteiger partial charge in [0.2, 0.25) is 5.91 Å². The lowest BCUT2D eigenvalue weighted by Crippen LogP contribution is -2.48. The zero-order chi connectivity index (χ0) is 16.8. The van der Waals surface area contributed by atoms with Crippen molar-refractivity contribution >= 4 is 5.91 Å². The number of aliphatic hydroxyl groups excluding tert-OH is 1. The molecule has 0 bridgehead atoms. The molecule has 1 saturated carbocycles. The van der Waals surface area contributed by atoms with Crippen molar-refractivity contribution in [1.29, 1.82) is 0 Å². The molecule has 1 fully saturated rings. The van der Waals surface area contributed by atoms with Crippen molar-refractivity contribution in [1.82, 2.24) is 19.9 Å². The average molecular weight is 328 g/mol. The first kappa shape index (κ1) is 16.6. The van der Waals surface area contributed by atoms with Gasteiger partial charge in [0.15, 0.2) is 0 Å². The number of imidazole rings is 1. The topological polar surface area (TPSA) is 80.0 Å². The van der Waals surface area contributed by atoms with E-state index in [0.717, 1.165) is 31.5 Å². The van der Waals surface area contributed by atoms with Crippen LogP contribution in [-0.4, -0.2) is 37.7 Å². The minimum absolute atomic E-state index is 0.0454. The highest BCUT2D eigenvalue weighted by atomic mass is 16.3. The Balaban J connectivity index is 1.50. The fourth-order valence-corrected chi connectivity index (χ4v) is 3.16. The van der Waals surface area contributed by atoms with Crippen molar-refractivity contribution in [2.45, 2.75) is 50.8 Å². The van der Waals surface area contributed by atoms with Crippen molar-refractivity contribution in [3.05, 3.63) is 48.8 Å². The molecule has 1 aliphatic carbocycles. The summed E-state index contributed by atoms with van der Waals surface area (Å²) in [6.07, 6.45) is 10.5. The minimum Gasteiger partial charge on any atom is -0.393 e. The molecule has 2 N–H and O–H groups in total. The Bertz CT molecular complexity index is 624. The van der Waals surface area contributed by atoms with E-state index in [0.29, 0.717) is 18.8 Å². The number of nitrogens with one attached hydrogen (secondary N) is 1. The number of aryl methyl sites for hydroxylation is 1. The van der Waals surface area contributed by atoms with E-state index >= 15 is 0 Å². The van der Waals surface area contributed by atoms with Crippen LogP contribution in [0.2, 0.25) is 0 Å². The second-order valence-electron chi connectivity index (χ2n) is 6.49. The van der Waals surface area contributed by atoms with E-state index in [2.05, 4.69) is 15.3 Å². The van der Waals surface area contributed by atoms with Gasteiger partial charge in [-0.3, -0.25) is 9.78 Å². The van der Waals surface area contributed by atoms with Gasteiger partial charge in [-0.05, 0) is 37.3 Å². The molecule has 1 amide bonds. The van der Waals surface area contributed by atoms with Gasteiger partial charge in [-0.25, -0.2) is 4.98 Å². The van der Waals surface area contributed by atoms with E-state index in [-0.39, 0.29) is 18.1 Å². The molecule has 2 aromatic heterocycles. The number of pyridine rings is 1. The third kappa shape index (κ3) is 4.64. The van der Waals surface area contributed by atoms with Gasteiger partial charge in [-0.1, -0.05) is 6.07 Å². The molecule has 6 heteroatoms. The Morgan fingerprint density at radius 3 is 2.92 bits per heavy atom. The summed E-state index contributed by atoms with van der Waals surface area (Å²) >= 11 is 0. The summed E-state index contributed by atoms with van der Waals surface area (Å²) in [5, 5.41) is 12.7. The second kappa shape index (κ2) is 8.06. The highest BCUT2D eigenvalue weighted by Gasteiger charge is 2.34. The Labute approximate surface area is 141 Å². The first-order chi connectivity index (χ1) is 11.7. The summed E-state index contributed by atoms with van der Waals surface area (Å²) in [5.74, 6) is 0.400. The minimum atomic E-state index is -0.223. The third-order valence-electron chi connectivity index (χ3n) is 4.60. The number of carbonyl (C=O) groups excluding carboxylic acids is 1. The summed E-state index contributed by atoms with van der Waals surface area (Å²) < 4.78 is 1.97. The third-order valence-corrected chi connectivity index (χ3v) is 4.60. The van der Waals surface area contributed by atoms with Crippen LogP contribution in [0.25, 0.3) is 0 Å². The number of hydrogen-bond acceptors (Lipinski definition) is 4. The Kier molecular flexibility index (Phi) is 5.59.